The largest absolute Gasteiger partial charge is 0.601 e. The molecule has 0 aliphatic rings. The summed E-state index contributed by atoms with van der Waals surface area (Å²) in [5, 5.41) is 0.542. The highest BCUT2D eigenvalue weighted by Gasteiger charge is 2.47. The summed E-state index contributed by atoms with van der Waals surface area (Å²) in [5.74, 6) is 0. The fourth-order valence-corrected chi connectivity index (χ4v) is 4.74. The third-order valence-corrected chi connectivity index (χ3v) is 6.00. The van der Waals surface area contributed by atoms with Gasteiger partial charge in [-0.05, 0) is 24.3 Å². The normalized spacial score (nSPS) is 14.0. The van der Waals surface area contributed by atoms with Crippen molar-refractivity contribution in [3.05, 3.63) is 42.5 Å². The summed E-state index contributed by atoms with van der Waals surface area (Å²) in [6, 6.07) is 9.20. The van der Waals surface area contributed by atoms with Crippen molar-refractivity contribution in [2.45, 2.75) is 10.4 Å². The van der Waals surface area contributed by atoms with Gasteiger partial charge in [0, 0.05) is 16.8 Å². The van der Waals surface area contributed by atoms with Crippen LogP contribution in [-0.2, 0) is 15.6 Å². The third kappa shape index (κ3) is 2.29. The molecular weight excluding hydrogens is 325 g/mol. The number of benzene rings is 2. The highest BCUT2D eigenvalue weighted by atomic mass is 32.2. The lowest BCUT2D eigenvalue weighted by molar-refractivity contribution is -0.0862. The van der Waals surface area contributed by atoms with Gasteiger partial charge >= 0.3 is 5.51 Å². The second kappa shape index (κ2) is 4.43. The number of rotatable bonds is 1. The van der Waals surface area contributed by atoms with E-state index in [1.165, 1.54) is 18.2 Å². The number of halogens is 3. The van der Waals surface area contributed by atoms with Gasteiger partial charge in [0.2, 0.25) is 0 Å². The van der Waals surface area contributed by atoms with Crippen LogP contribution in [0.2, 0.25) is 0 Å². The number of thiophene rings is 1. The van der Waals surface area contributed by atoms with E-state index in [1.807, 2.05) is 0 Å². The zero-order valence-electron chi connectivity index (χ0n) is 10.3. The Bertz CT molecular complexity index is 956. The van der Waals surface area contributed by atoms with Gasteiger partial charge in [-0.25, -0.2) is 0 Å². The average molecular weight is 333 g/mol. The predicted octanol–water partition coefficient (Wildman–Crippen LogP) is 4.47. The summed E-state index contributed by atoms with van der Waals surface area (Å²) in [5.41, 5.74) is -4.44. The molecule has 1 atom stereocenters. The fraction of sp³-hybridized carbons (Fsp3) is 0.0769. The van der Waals surface area contributed by atoms with E-state index in [-0.39, 0.29) is 14.8 Å². The summed E-state index contributed by atoms with van der Waals surface area (Å²) in [6.07, 6.45) is 0. The molecule has 3 rings (SSSR count). The molecule has 8 heteroatoms. The van der Waals surface area contributed by atoms with E-state index in [0.29, 0.717) is 5.39 Å². The molecule has 3 nitrogen and oxygen atoms in total. The van der Waals surface area contributed by atoms with Crippen molar-refractivity contribution in [2.24, 2.45) is 0 Å². The van der Waals surface area contributed by atoms with Crippen molar-refractivity contribution in [1.82, 2.24) is 0 Å². The molecule has 1 aromatic heterocycles. The van der Waals surface area contributed by atoms with E-state index in [4.69, 9.17) is 4.55 Å². The Morgan fingerprint density at radius 1 is 0.952 bits per heavy atom. The number of alkyl halides is 3. The second-order valence-corrected chi connectivity index (χ2v) is 7.76. The SMILES string of the molecule is O=S(=O)(O)c1ccc2c(c1)c1ccccc1[s+]2C(F)(F)F. The van der Waals surface area contributed by atoms with Gasteiger partial charge in [-0.1, -0.05) is 12.1 Å². The van der Waals surface area contributed by atoms with Gasteiger partial charge in [0.1, 0.15) is 10.5 Å². The maximum atomic E-state index is 13.3. The van der Waals surface area contributed by atoms with Gasteiger partial charge in [0.25, 0.3) is 10.1 Å². The number of hydrogen-bond donors (Lipinski definition) is 1. The molecule has 0 fully saturated rings. The summed E-state index contributed by atoms with van der Waals surface area (Å²) >= 11 is 0. The molecule has 0 radical (unpaired) electrons. The van der Waals surface area contributed by atoms with Crippen LogP contribution in [0.5, 0.6) is 0 Å². The van der Waals surface area contributed by atoms with E-state index in [1.54, 1.807) is 6.07 Å². The van der Waals surface area contributed by atoms with Crippen molar-refractivity contribution in [3.63, 3.8) is 0 Å². The summed E-state index contributed by atoms with van der Waals surface area (Å²) in [6.45, 7) is 0. The molecule has 0 aliphatic carbocycles. The number of fused-ring (bicyclic) bond motifs is 3. The van der Waals surface area contributed by atoms with Crippen LogP contribution in [0.15, 0.2) is 47.4 Å². The standard InChI is InChI=1S/C13H7F3O3S2/c14-13(15,16)20-11-4-2-1-3-9(11)10-7-8(21(17,18)19)5-6-12(10)20/h1-7H/p+1. The van der Waals surface area contributed by atoms with Crippen LogP contribution >= 0.6 is 10.5 Å². The van der Waals surface area contributed by atoms with Gasteiger partial charge < -0.3 is 0 Å². The summed E-state index contributed by atoms with van der Waals surface area (Å²) < 4.78 is 71.4. The molecule has 21 heavy (non-hydrogen) atoms. The first-order chi connectivity index (χ1) is 9.69. The Kier molecular flexibility index (Phi) is 3.01. The van der Waals surface area contributed by atoms with Crippen molar-refractivity contribution in [1.29, 1.82) is 0 Å². The maximum Gasteiger partial charge on any atom is 0.601 e. The molecule has 0 saturated heterocycles. The molecule has 0 bridgehead atoms. The number of hydrogen-bond acceptors (Lipinski definition) is 2. The Morgan fingerprint density at radius 2 is 1.57 bits per heavy atom. The minimum atomic E-state index is -4.46. The van der Waals surface area contributed by atoms with Crippen molar-refractivity contribution >= 4 is 40.8 Å². The maximum absolute atomic E-state index is 13.3. The van der Waals surface area contributed by atoms with Crippen LogP contribution in [0, 0.1) is 0 Å². The molecule has 0 aliphatic heterocycles. The van der Waals surface area contributed by atoms with Crippen LogP contribution in [0.4, 0.5) is 13.2 Å². The summed E-state index contributed by atoms with van der Waals surface area (Å²) in [4.78, 5) is -0.413. The minimum absolute atomic E-state index is 0.0242. The monoisotopic (exact) mass is 333 g/mol. The Labute approximate surface area is 120 Å². The first-order valence-corrected chi connectivity index (χ1v) is 8.38. The van der Waals surface area contributed by atoms with Crippen LogP contribution in [0.1, 0.15) is 0 Å². The molecule has 1 N–H and O–H groups in total. The average Bonchev–Trinajstić information content (AvgIpc) is 2.70. The zero-order chi connectivity index (χ0) is 15.4. The van der Waals surface area contributed by atoms with Gasteiger partial charge in [0.05, 0.1) is 4.90 Å². The Morgan fingerprint density at radius 3 is 2.19 bits per heavy atom. The molecule has 0 amide bonds. The Balaban J connectivity index is 2.53. The minimum Gasteiger partial charge on any atom is -0.282 e. The molecule has 0 saturated carbocycles. The van der Waals surface area contributed by atoms with Gasteiger partial charge in [-0.15, -0.1) is 13.2 Å². The second-order valence-electron chi connectivity index (χ2n) is 4.38. The van der Waals surface area contributed by atoms with Crippen molar-refractivity contribution < 1.29 is 26.1 Å². The Hall–Kier alpha value is -1.64. The van der Waals surface area contributed by atoms with Crippen molar-refractivity contribution in [3.8, 4) is 0 Å². The topological polar surface area (TPSA) is 54.4 Å². The van der Waals surface area contributed by atoms with Gasteiger partial charge in [-0.2, -0.15) is 8.42 Å². The van der Waals surface area contributed by atoms with Crippen LogP contribution in [-0.4, -0.2) is 13.0 Å². The van der Waals surface area contributed by atoms with Crippen molar-refractivity contribution in [2.75, 3.05) is 0 Å². The molecular formula is C13H8F3O3S2+. The van der Waals surface area contributed by atoms with E-state index in [2.05, 4.69) is 0 Å². The highest BCUT2D eigenvalue weighted by molar-refractivity contribution is 7.85. The first-order valence-electron chi connectivity index (χ1n) is 5.71. The molecule has 110 valence electrons. The molecule has 1 heterocycles. The zero-order valence-corrected chi connectivity index (χ0v) is 11.9. The van der Waals surface area contributed by atoms with E-state index < -0.39 is 31.0 Å². The van der Waals surface area contributed by atoms with Crippen LogP contribution < -0.4 is 0 Å². The lowest BCUT2D eigenvalue weighted by Crippen LogP contribution is -1.97. The fourth-order valence-electron chi connectivity index (χ4n) is 2.29. The molecule has 3 aromatic rings. The molecule has 2 aromatic carbocycles. The molecule has 1 unspecified atom stereocenters. The lowest BCUT2D eigenvalue weighted by atomic mass is 10.1. The lowest BCUT2D eigenvalue weighted by Gasteiger charge is -1.97. The van der Waals surface area contributed by atoms with E-state index in [9.17, 15) is 21.6 Å². The van der Waals surface area contributed by atoms with Gasteiger partial charge in [0.15, 0.2) is 9.40 Å². The van der Waals surface area contributed by atoms with E-state index >= 15 is 0 Å². The van der Waals surface area contributed by atoms with Crippen LogP contribution in [0.25, 0.3) is 20.2 Å². The predicted molar refractivity (Wildman–Crippen MR) is 75.0 cm³/mol. The third-order valence-electron chi connectivity index (χ3n) is 3.10. The van der Waals surface area contributed by atoms with Crippen LogP contribution in [0.3, 0.4) is 0 Å². The molecule has 0 spiro atoms. The highest BCUT2D eigenvalue weighted by Crippen LogP contribution is 2.54. The smallest absolute Gasteiger partial charge is 0.282 e. The van der Waals surface area contributed by atoms with Gasteiger partial charge in [-0.3, -0.25) is 4.55 Å². The quantitative estimate of drug-likeness (QED) is 0.528. The first kappa shape index (κ1) is 14.3. The summed E-state index contributed by atoms with van der Waals surface area (Å²) in [7, 11) is -6.56. The van der Waals surface area contributed by atoms with E-state index in [0.717, 1.165) is 18.2 Å².